The average Bonchev–Trinajstić information content (AvgIpc) is 2.91. The summed E-state index contributed by atoms with van der Waals surface area (Å²) in [5.41, 5.74) is -0.132. The molecule has 0 aromatic heterocycles. The minimum Gasteiger partial charge on any atom is -0.415 e. The van der Waals surface area contributed by atoms with E-state index >= 15 is 0 Å². The normalized spacial score (nSPS) is 24.9. The van der Waals surface area contributed by atoms with E-state index in [9.17, 15) is 0 Å². The first-order valence-electron chi connectivity index (χ1n) is 7.63. The highest BCUT2D eigenvalue weighted by Crippen LogP contribution is 2.42. The molecule has 2 atom stereocenters. The summed E-state index contributed by atoms with van der Waals surface area (Å²) < 4.78 is 12.0. The summed E-state index contributed by atoms with van der Waals surface area (Å²) in [6, 6.07) is 0. The third-order valence-corrected chi connectivity index (χ3v) is 9.51. The van der Waals surface area contributed by atoms with Crippen molar-refractivity contribution in [2.75, 3.05) is 6.61 Å². The van der Waals surface area contributed by atoms with E-state index in [1.807, 2.05) is 0 Å². The lowest BCUT2D eigenvalue weighted by Crippen LogP contribution is -2.43. The SMILES string of the molecule is C#C[C@@](C)(CC[C@H]1OC1(C)C)CO[Si](C)(C)C(C)(C)C. The van der Waals surface area contributed by atoms with Crippen molar-refractivity contribution in [3.05, 3.63) is 0 Å². The van der Waals surface area contributed by atoms with Crippen molar-refractivity contribution < 1.29 is 9.16 Å². The van der Waals surface area contributed by atoms with Crippen molar-refractivity contribution in [1.29, 1.82) is 0 Å². The van der Waals surface area contributed by atoms with Crippen LogP contribution in [0.1, 0.15) is 54.4 Å². The molecule has 0 unspecified atom stereocenters. The summed E-state index contributed by atoms with van der Waals surface area (Å²) in [5, 5.41) is 0.226. The van der Waals surface area contributed by atoms with Crippen LogP contribution in [0.5, 0.6) is 0 Å². The van der Waals surface area contributed by atoms with Crippen LogP contribution in [0.2, 0.25) is 18.1 Å². The summed E-state index contributed by atoms with van der Waals surface area (Å²) in [5.74, 6) is 2.95. The van der Waals surface area contributed by atoms with Gasteiger partial charge in [-0.25, -0.2) is 0 Å². The fourth-order valence-corrected chi connectivity index (χ4v) is 3.04. The molecule has 1 saturated heterocycles. The van der Waals surface area contributed by atoms with Crippen LogP contribution < -0.4 is 0 Å². The highest BCUT2D eigenvalue weighted by molar-refractivity contribution is 6.74. The molecule has 0 aromatic rings. The van der Waals surface area contributed by atoms with Crippen LogP contribution in [-0.2, 0) is 9.16 Å². The van der Waals surface area contributed by atoms with E-state index in [0.29, 0.717) is 12.7 Å². The van der Waals surface area contributed by atoms with Crippen LogP contribution in [0.4, 0.5) is 0 Å². The van der Waals surface area contributed by atoms with Crippen LogP contribution in [0.15, 0.2) is 0 Å². The van der Waals surface area contributed by atoms with Gasteiger partial charge < -0.3 is 9.16 Å². The Morgan fingerprint density at radius 3 is 2.10 bits per heavy atom. The van der Waals surface area contributed by atoms with E-state index in [4.69, 9.17) is 15.6 Å². The highest BCUT2D eigenvalue weighted by Gasteiger charge is 2.48. The first-order valence-corrected chi connectivity index (χ1v) is 10.5. The number of terminal acetylenes is 1. The Hall–Kier alpha value is -0.303. The summed E-state index contributed by atoms with van der Waals surface area (Å²) >= 11 is 0. The fraction of sp³-hybridized carbons (Fsp3) is 0.882. The van der Waals surface area contributed by atoms with E-state index in [-0.39, 0.29) is 16.1 Å². The zero-order valence-corrected chi connectivity index (χ0v) is 15.6. The molecule has 0 bridgehead atoms. The van der Waals surface area contributed by atoms with Gasteiger partial charge in [-0.1, -0.05) is 26.7 Å². The van der Waals surface area contributed by atoms with E-state index in [1.54, 1.807) is 0 Å². The Morgan fingerprint density at radius 1 is 1.25 bits per heavy atom. The van der Waals surface area contributed by atoms with Gasteiger partial charge in [0, 0.05) is 0 Å². The Morgan fingerprint density at radius 2 is 1.75 bits per heavy atom. The molecule has 116 valence electrons. The van der Waals surface area contributed by atoms with Crippen molar-refractivity contribution in [2.45, 2.75) is 84.2 Å². The predicted molar refractivity (Wildman–Crippen MR) is 88.3 cm³/mol. The molecular formula is C17H32O2Si. The van der Waals surface area contributed by atoms with Crippen molar-refractivity contribution in [3.8, 4) is 12.3 Å². The van der Waals surface area contributed by atoms with Gasteiger partial charge in [-0.15, -0.1) is 6.42 Å². The second kappa shape index (κ2) is 5.48. The second-order valence-corrected chi connectivity index (χ2v) is 13.3. The van der Waals surface area contributed by atoms with Crippen LogP contribution in [0.3, 0.4) is 0 Å². The minimum absolute atomic E-state index is 0.0514. The topological polar surface area (TPSA) is 21.8 Å². The molecule has 3 heteroatoms. The zero-order chi connectivity index (χ0) is 15.8. The maximum Gasteiger partial charge on any atom is 0.192 e. The molecule has 0 aliphatic carbocycles. The molecule has 1 aliphatic heterocycles. The number of rotatable bonds is 6. The fourth-order valence-electron chi connectivity index (χ4n) is 1.93. The number of hydrogen-bond donors (Lipinski definition) is 0. The molecule has 0 spiro atoms. The smallest absolute Gasteiger partial charge is 0.192 e. The number of hydrogen-bond acceptors (Lipinski definition) is 2. The Balaban J connectivity index is 2.52. The summed E-state index contributed by atoms with van der Waals surface area (Å²) in [6.45, 7) is 18.4. The second-order valence-electron chi connectivity index (χ2n) is 8.50. The largest absolute Gasteiger partial charge is 0.415 e. The third kappa shape index (κ3) is 4.34. The first kappa shape index (κ1) is 17.7. The minimum atomic E-state index is -1.73. The lowest BCUT2D eigenvalue weighted by Gasteiger charge is -2.38. The third-order valence-electron chi connectivity index (χ3n) is 5.03. The Labute approximate surface area is 126 Å². The van der Waals surface area contributed by atoms with E-state index in [2.05, 4.69) is 60.6 Å². The van der Waals surface area contributed by atoms with Crippen LogP contribution in [0.25, 0.3) is 0 Å². The standard InChI is InChI=1S/C17H32O2Si/c1-10-17(7,12-11-14-16(5,6)19-14)13-18-20(8,9)15(2,3)4/h1,14H,11-13H2,2-9H3/t14-,17+/m1/s1. The van der Waals surface area contributed by atoms with Crippen molar-refractivity contribution in [3.63, 3.8) is 0 Å². The van der Waals surface area contributed by atoms with Gasteiger partial charge in [-0.3, -0.25) is 0 Å². The van der Waals surface area contributed by atoms with Gasteiger partial charge in [0.25, 0.3) is 0 Å². The van der Waals surface area contributed by atoms with Crippen LogP contribution in [-0.4, -0.2) is 26.6 Å². The monoisotopic (exact) mass is 296 g/mol. The first-order chi connectivity index (χ1) is 8.83. The van der Waals surface area contributed by atoms with Gasteiger partial charge in [-0.05, 0) is 51.7 Å². The Bertz CT molecular complexity index is 387. The predicted octanol–water partition coefficient (Wildman–Crippen LogP) is 4.61. The van der Waals surface area contributed by atoms with Gasteiger partial charge >= 0.3 is 0 Å². The number of epoxide rings is 1. The lowest BCUT2D eigenvalue weighted by molar-refractivity contribution is 0.181. The molecule has 20 heavy (non-hydrogen) atoms. The van der Waals surface area contributed by atoms with Gasteiger partial charge in [0.05, 0.1) is 23.7 Å². The van der Waals surface area contributed by atoms with Crippen LogP contribution in [0, 0.1) is 17.8 Å². The molecule has 1 aliphatic rings. The molecule has 2 nitrogen and oxygen atoms in total. The molecule has 0 saturated carbocycles. The summed E-state index contributed by atoms with van der Waals surface area (Å²) in [6.07, 6.45) is 8.12. The van der Waals surface area contributed by atoms with Crippen molar-refractivity contribution in [2.24, 2.45) is 5.41 Å². The molecule has 0 radical (unpaired) electrons. The van der Waals surface area contributed by atoms with Gasteiger partial charge in [0.2, 0.25) is 0 Å². The molecule has 1 rings (SSSR count). The van der Waals surface area contributed by atoms with Gasteiger partial charge in [0.1, 0.15) is 0 Å². The maximum absolute atomic E-state index is 6.31. The van der Waals surface area contributed by atoms with Crippen molar-refractivity contribution >= 4 is 8.32 Å². The molecule has 0 N–H and O–H groups in total. The molecular weight excluding hydrogens is 264 g/mol. The molecule has 1 fully saturated rings. The van der Waals surface area contributed by atoms with Gasteiger partial charge in [0.15, 0.2) is 8.32 Å². The van der Waals surface area contributed by atoms with Crippen molar-refractivity contribution in [1.82, 2.24) is 0 Å². The molecule has 0 aromatic carbocycles. The summed E-state index contributed by atoms with van der Waals surface area (Å²) in [4.78, 5) is 0. The Kier molecular flexibility index (Phi) is 4.86. The quantitative estimate of drug-likeness (QED) is 0.406. The highest BCUT2D eigenvalue weighted by atomic mass is 28.4. The average molecular weight is 297 g/mol. The summed E-state index contributed by atoms with van der Waals surface area (Å²) in [7, 11) is -1.73. The van der Waals surface area contributed by atoms with E-state index in [1.165, 1.54) is 0 Å². The number of ether oxygens (including phenoxy) is 1. The van der Waals surface area contributed by atoms with Crippen LogP contribution >= 0.6 is 0 Å². The van der Waals surface area contributed by atoms with E-state index in [0.717, 1.165) is 12.8 Å². The van der Waals surface area contributed by atoms with Gasteiger partial charge in [-0.2, -0.15) is 0 Å². The van der Waals surface area contributed by atoms with E-state index < -0.39 is 8.32 Å². The molecule has 0 amide bonds. The molecule has 1 heterocycles. The lowest BCUT2D eigenvalue weighted by atomic mass is 9.86. The maximum atomic E-state index is 6.31. The zero-order valence-electron chi connectivity index (χ0n) is 14.6.